The predicted molar refractivity (Wildman–Crippen MR) is 93.3 cm³/mol. The second-order valence-corrected chi connectivity index (χ2v) is 5.02. The third-order valence-corrected chi connectivity index (χ3v) is 3.72. The van der Waals surface area contributed by atoms with Crippen LogP contribution < -0.4 is 10.6 Å². The van der Waals surface area contributed by atoms with E-state index in [1.54, 1.807) is 14.2 Å². The first-order valence-corrected chi connectivity index (χ1v) is 7.99. The summed E-state index contributed by atoms with van der Waals surface area (Å²) in [4.78, 5) is 6.71. The normalized spacial score (nSPS) is 13.2. The number of guanidine groups is 1. The summed E-state index contributed by atoms with van der Waals surface area (Å²) in [5, 5.41) is 6.67. The van der Waals surface area contributed by atoms with Crippen molar-refractivity contribution in [2.75, 3.05) is 46.9 Å². The highest BCUT2D eigenvalue weighted by Gasteiger charge is 2.17. The van der Waals surface area contributed by atoms with Crippen molar-refractivity contribution >= 4 is 5.96 Å². The number of rotatable bonds is 9. The molecule has 0 aliphatic heterocycles. The van der Waals surface area contributed by atoms with Gasteiger partial charge in [-0.15, -0.1) is 0 Å². The molecule has 2 N–H and O–H groups in total. The molecule has 1 atom stereocenters. The molecule has 0 aliphatic rings. The van der Waals surface area contributed by atoms with Gasteiger partial charge in [0.05, 0.1) is 12.6 Å². The molecule has 1 rings (SSSR count). The van der Waals surface area contributed by atoms with Gasteiger partial charge in [-0.1, -0.05) is 44.2 Å². The second-order valence-electron chi connectivity index (χ2n) is 5.02. The Morgan fingerprint density at radius 1 is 1.18 bits per heavy atom. The molecule has 0 amide bonds. The minimum atomic E-state index is 0.331. The molecule has 0 saturated heterocycles. The van der Waals surface area contributed by atoms with Gasteiger partial charge in [-0.05, 0) is 18.7 Å². The Balaban J connectivity index is 2.68. The van der Waals surface area contributed by atoms with Crippen LogP contribution in [0.4, 0.5) is 0 Å². The third kappa shape index (κ3) is 6.03. The molecule has 0 saturated carbocycles. The number of nitrogens with one attached hydrogen (secondary N) is 2. The molecule has 0 fully saturated rings. The first-order chi connectivity index (χ1) is 10.8. The van der Waals surface area contributed by atoms with Gasteiger partial charge in [0.15, 0.2) is 5.96 Å². The first kappa shape index (κ1) is 18.5. The molecule has 22 heavy (non-hydrogen) atoms. The van der Waals surface area contributed by atoms with E-state index in [1.807, 2.05) is 0 Å². The van der Waals surface area contributed by atoms with E-state index < -0.39 is 0 Å². The lowest BCUT2D eigenvalue weighted by molar-refractivity contribution is 0.203. The van der Waals surface area contributed by atoms with Crippen LogP contribution in [0.2, 0.25) is 0 Å². The van der Waals surface area contributed by atoms with E-state index >= 15 is 0 Å². The molecule has 1 aromatic rings. The Hall–Kier alpha value is -1.59. The van der Waals surface area contributed by atoms with Crippen molar-refractivity contribution in [1.82, 2.24) is 15.5 Å². The number of aliphatic imine (C=N–C) groups is 1. The Labute approximate surface area is 134 Å². The fraction of sp³-hybridized carbons (Fsp3) is 0.588. The van der Waals surface area contributed by atoms with Crippen LogP contribution in [0.3, 0.4) is 0 Å². The molecule has 0 aromatic heterocycles. The number of hydrogen-bond acceptors (Lipinski definition) is 3. The van der Waals surface area contributed by atoms with Crippen molar-refractivity contribution < 1.29 is 4.74 Å². The van der Waals surface area contributed by atoms with Gasteiger partial charge in [0, 0.05) is 27.2 Å². The molecule has 0 radical (unpaired) electrons. The Kier molecular flexibility index (Phi) is 9.26. The molecular formula is C17H30N4O. The molecule has 0 bridgehead atoms. The lowest BCUT2D eigenvalue weighted by Gasteiger charge is -2.30. The molecule has 1 unspecified atom stereocenters. The number of likely N-dealkylation sites (N-methyl/N-ethyl adjacent to an activating group) is 1. The maximum absolute atomic E-state index is 5.05. The van der Waals surface area contributed by atoms with E-state index in [1.165, 1.54) is 5.56 Å². The van der Waals surface area contributed by atoms with Crippen molar-refractivity contribution in [3.8, 4) is 0 Å². The van der Waals surface area contributed by atoms with Crippen molar-refractivity contribution in [3.63, 3.8) is 0 Å². The van der Waals surface area contributed by atoms with Gasteiger partial charge >= 0.3 is 0 Å². The zero-order valence-corrected chi connectivity index (χ0v) is 14.3. The fourth-order valence-corrected chi connectivity index (χ4v) is 2.48. The molecule has 5 nitrogen and oxygen atoms in total. The maximum atomic E-state index is 5.05. The van der Waals surface area contributed by atoms with E-state index in [2.05, 4.69) is 64.7 Å². The smallest absolute Gasteiger partial charge is 0.191 e. The van der Waals surface area contributed by atoms with E-state index in [-0.39, 0.29) is 0 Å². The van der Waals surface area contributed by atoms with Crippen LogP contribution in [0.15, 0.2) is 35.3 Å². The van der Waals surface area contributed by atoms with Crippen LogP contribution in [0.25, 0.3) is 0 Å². The summed E-state index contributed by atoms with van der Waals surface area (Å²) >= 11 is 0. The highest BCUT2D eigenvalue weighted by molar-refractivity contribution is 5.79. The lowest BCUT2D eigenvalue weighted by Crippen LogP contribution is -2.44. The van der Waals surface area contributed by atoms with E-state index in [0.717, 1.165) is 32.1 Å². The summed E-state index contributed by atoms with van der Waals surface area (Å²) in [6, 6.07) is 10.9. The van der Waals surface area contributed by atoms with Crippen LogP contribution in [0.5, 0.6) is 0 Å². The molecule has 1 aromatic carbocycles. The van der Waals surface area contributed by atoms with Gasteiger partial charge in [-0.2, -0.15) is 0 Å². The second kappa shape index (κ2) is 11.0. The van der Waals surface area contributed by atoms with Gasteiger partial charge in [0.1, 0.15) is 0 Å². The monoisotopic (exact) mass is 306 g/mol. The van der Waals surface area contributed by atoms with Crippen molar-refractivity contribution in [1.29, 1.82) is 0 Å². The Morgan fingerprint density at radius 2 is 1.86 bits per heavy atom. The largest absolute Gasteiger partial charge is 0.383 e. The maximum Gasteiger partial charge on any atom is 0.191 e. The minimum absolute atomic E-state index is 0.331. The lowest BCUT2D eigenvalue weighted by atomic mass is 10.1. The number of benzene rings is 1. The summed E-state index contributed by atoms with van der Waals surface area (Å²) in [6.45, 7) is 8.67. The van der Waals surface area contributed by atoms with Crippen LogP contribution in [-0.4, -0.2) is 57.8 Å². The van der Waals surface area contributed by atoms with Gasteiger partial charge in [0.2, 0.25) is 0 Å². The number of ether oxygens (including phenoxy) is 1. The molecular weight excluding hydrogens is 276 g/mol. The summed E-state index contributed by atoms with van der Waals surface area (Å²) in [6.07, 6.45) is 0. The average Bonchev–Trinajstić information content (AvgIpc) is 2.57. The van der Waals surface area contributed by atoms with Gasteiger partial charge in [-0.25, -0.2) is 0 Å². The number of methoxy groups -OCH3 is 1. The molecule has 0 aliphatic carbocycles. The summed E-state index contributed by atoms with van der Waals surface area (Å²) in [5.41, 5.74) is 1.33. The Bertz CT molecular complexity index is 418. The number of hydrogen-bond donors (Lipinski definition) is 2. The van der Waals surface area contributed by atoms with E-state index in [0.29, 0.717) is 12.6 Å². The van der Waals surface area contributed by atoms with Crippen molar-refractivity contribution in [2.45, 2.75) is 19.9 Å². The van der Waals surface area contributed by atoms with Gasteiger partial charge in [0.25, 0.3) is 0 Å². The summed E-state index contributed by atoms with van der Waals surface area (Å²) in [7, 11) is 3.49. The zero-order valence-electron chi connectivity index (χ0n) is 14.3. The first-order valence-electron chi connectivity index (χ1n) is 7.99. The topological polar surface area (TPSA) is 48.9 Å². The van der Waals surface area contributed by atoms with Crippen molar-refractivity contribution in [2.24, 2.45) is 4.99 Å². The van der Waals surface area contributed by atoms with Crippen LogP contribution in [0, 0.1) is 0 Å². The quantitative estimate of drug-likeness (QED) is 0.415. The number of nitrogens with zero attached hydrogens (tertiary/aromatic N) is 2. The fourth-order valence-electron chi connectivity index (χ4n) is 2.48. The van der Waals surface area contributed by atoms with Gasteiger partial charge in [-0.3, -0.25) is 9.89 Å². The van der Waals surface area contributed by atoms with E-state index in [9.17, 15) is 0 Å². The average molecular weight is 306 g/mol. The molecule has 5 heteroatoms. The minimum Gasteiger partial charge on any atom is -0.383 e. The highest BCUT2D eigenvalue weighted by Crippen LogP contribution is 2.19. The molecule has 0 heterocycles. The molecule has 0 spiro atoms. The van der Waals surface area contributed by atoms with Crippen LogP contribution in [-0.2, 0) is 4.74 Å². The summed E-state index contributed by atoms with van der Waals surface area (Å²) < 4.78 is 5.05. The third-order valence-electron chi connectivity index (χ3n) is 3.72. The van der Waals surface area contributed by atoms with Gasteiger partial charge < -0.3 is 15.4 Å². The highest BCUT2D eigenvalue weighted by atomic mass is 16.5. The van der Waals surface area contributed by atoms with Crippen molar-refractivity contribution in [3.05, 3.63) is 35.9 Å². The standard InChI is InChI=1S/C17H30N4O/c1-5-21(6-2)16(15-10-8-7-9-11-15)14-20-17(18-3)19-12-13-22-4/h7-11,16H,5-6,12-14H2,1-4H3,(H2,18,19,20). The Morgan fingerprint density at radius 3 is 2.41 bits per heavy atom. The molecule has 124 valence electrons. The summed E-state index contributed by atoms with van der Waals surface area (Å²) in [5.74, 6) is 0.810. The zero-order chi connectivity index (χ0) is 16.2. The predicted octanol–water partition coefficient (Wildman–Crippen LogP) is 1.88. The van der Waals surface area contributed by atoms with Crippen LogP contribution in [0.1, 0.15) is 25.5 Å². The van der Waals surface area contributed by atoms with Crippen LogP contribution >= 0.6 is 0 Å². The SMILES string of the molecule is CCN(CC)C(CNC(=NC)NCCOC)c1ccccc1. The van der Waals surface area contributed by atoms with E-state index in [4.69, 9.17) is 4.74 Å².